The minimum atomic E-state index is -4.30. The third-order valence-electron chi connectivity index (χ3n) is 2.90. The van der Waals surface area contributed by atoms with E-state index in [-0.39, 0.29) is 6.61 Å². The molecule has 0 aliphatic carbocycles. The van der Waals surface area contributed by atoms with E-state index >= 15 is 0 Å². The van der Waals surface area contributed by atoms with Crippen LogP contribution in [0.5, 0.6) is 5.75 Å². The number of fused-ring (bicyclic) bond motifs is 1. The van der Waals surface area contributed by atoms with Gasteiger partial charge in [0.15, 0.2) is 0 Å². The van der Waals surface area contributed by atoms with Crippen LogP contribution in [0, 0.1) is 0 Å². The molecule has 0 aromatic heterocycles. The third-order valence-corrected chi connectivity index (χ3v) is 3.81. The smallest absolute Gasteiger partial charge is 0.411 e. The zero-order valence-corrected chi connectivity index (χ0v) is 12.8. The van der Waals surface area contributed by atoms with Crippen LogP contribution in [0.15, 0.2) is 16.6 Å². The first-order valence-electron chi connectivity index (χ1n) is 6.10. The predicted octanol–water partition coefficient (Wildman–Crippen LogP) is 4.63. The van der Waals surface area contributed by atoms with Crippen molar-refractivity contribution in [1.82, 2.24) is 0 Å². The maximum Gasteiger partial charge on any atom is 0.411 e. The highest BCUT2D eigenvalue weighted by atomic mass is 79.9. The van der Waals surface area contributed by atoms with Gasteiger partial charge in [0.05, 0.1) is 12.0 Å². The number of rotatable bonds is 5. The molecular weight excluding hydrogens is 360 g/mol. The molecule has 1 atom stereocenters. The van der Waals surface area contributed by atoms with E-state index in [2.05, 4.69) is 20.7 Å². The molecule has 0 saturated carbocycles. The molecular formula is C13H13BrClF3O2. The fraction of sp³-hybridized carbons (Fsp3) is 0.538. The summed E-state index contributed by atoms with van der Waals surface area (Å²) >= 11 is 9.65. The summed E-state index contributed by atoms with van der Waals surface area (Å²) in [6.07, 6.45) is -3.19. The molecule has 2 rings (SSSR count). The van der Waals surface area contributed by atoms with E-state index in [4.69, 9.17) is 16.3 Å². The van der Waals surface area contributed by atoms with Crippen LogP contribution >= 0.6 is 27.5 Å². The van der Waals surface area contributed by atoms with Crippen molar-refractivity contribution in [3.05, 3.63) is 27.7 Å². The van der Waals surface area contributed by atoms with E-state index < -0.39 is 18.2 Å². The van der Waals surface area contributed by atoms with Crippen molar-refractivity contribution >= 4 is 27.5 Å². The molecule has 1 aromatic rings. The molecule has 0 radical (unpaired) electrons. The molecule has 1 aliphatic rings. The van der Waals surface area contributed by atoms with Crippen LogP contribution in [0.2, 0.25) is 0 Å². The highest BCUT2D eigenvalue weighted by molar-refractivity contribution is 9.10. The highest BCUT2D eigenvalue weighted by Crippen LogP contribution is 2.40. The molecule has 7 heteroatoms. The Morgan fingerprint density at radius 2 is 2.15 bits per heavy atom. The first-order chi connectivity index (χ1) is 9.37. The molecule has 1 unspecified atom stereocenters. The number of ether oxygens (including phenoxy) is 2. The number of benzene rings is 1. The SMILES string of the molecule is FC(F)(F)COCCC(Cl)c1cc(Br)cc2c1OCC2. The van der Waals surface area contributed by atoms with Gasteiger partial charge in [0.1, 0.15) is 12.4 Å². The van der Waals surface area contributed by atoms with E-state index in [0.29, 0.717) is 13.0 Å². The summed E-state index contributed by atoms with van der Waals surface area (Å²) in [5.41, 5.74) is 1.86. The average Bonchev–Trinajstić information content (AvgIpc) is 2.80. The van der Waals surface area contributed by atoms with Crippen molar-refractivity contribution in [1.29, 1.82) is 0 Å². The number of halogens is 5. The van der Waals surface area contributed by atoms with Gasteiger partial charge in [-0.15, -0.1) is 11.6 Å². The average molecular weight is 374 g/mol. The molecule has 0 saturated heterocycles. The van der Waals surface area contributed by atoms with Crippen molar-refractivity contribution in [3.8, 4) is 5.75 Å². The topological polar surface area (TPSA) is 18.5 Å². The molecule has 0 bridgehead atoms. The van der Waals surface area contributed by atoms with Gasteiger partial charge in [-0.25, -0.2) is 0 Å². The molecule has 1 aliphatic heterocycles. The first-order valence-corrected chi connectivity index (χ1v) is 7.33. The summed E-state index contributed by atoms with van der Waals surface area (Å²) in [6.45, 7) is -0.689. The summed E-state index contributed by atoms with van der Waals surface area (Å²) in [6, 6.07) is 3.81. The van der Waals surface area contributed by atoms with E-state index in [9.17, 15) is 13.2 Å². The monoisotopic (exact) mass is 372 g/mol. The van der Waals surface area contributed by atoms with E-state index in [1.165, 1.54) is 0 Å². The van der Waals surface area contributed by atoms with Crippen LogP contribution in [0.25, 0.3) is 0 Å². The van der Waals surface area contributed by atoms with Gasteiger partial charge in [0, 0.05) is 23.1 Å². The lowest BCUT2D eigenvalue weighted by molar-refractivity contribution is -0.174. The van der Waals surface area contributed by atoms with E-state index in [1.807, 2.05) is 12.1 Å². The van der Waals surface area contributed by atoms with Gasteiger partial charge in [-0.1, -0.05) is 15.9 Å². The van der Waals surface area contributed by atoms with Gasteiger partial charge < -0.3 is 9.47 Å². The first kappa shape index (κ1) is 15.9. The lowest BCUT2D eigenvalue weighted by Gasteiger charge is -2.15. The Morgan fingerprint density at radius 1 is 1.40 bits per heavy atom. The molecule has 2 nitrogen and oxygen atoms in total. The van der Waals surface area contributed by atoms with Gasteiger partial charge >= 0.3 is 6.18 Å². The zero-order chi connectivity index (χ0) is 14.8. The Balaban J connectivity index is 1.95. The summed E-state index contributed by atoms with van der Waals surface area (Å²) in [4.78, 5) is 0. The van der Waals surface area contributed by atoms with Crippen molar-refractivity contribution in [2.45, 2.75) is 24.4 Å². The second-order valence-electron chi connectivity index (χ2n) is 4.51. The minimum Gasteiger partial charge on any atom is -0.493 e. The molecule has 0 amide bonds. The minimum absolute atomic E-state index is 0.0467. The van der Waals surface area contributed by atoms with Crippen molar-refractivity contribution in [2.24, 2.45) is 0 Å². The second kappa shape index (κ2) is 6.54. The van der Waals surface area contributed by atoms with Gasteiger partial charge in [-0.2, -0.15) is 13.2 Å². The van der Waals surface area contributed by atoms with Crippen molar-refractivity contribution in [3.63, 3.8) is 0 Å². The van der Waals surface area contributed by atoms with E-state index in [0.717, 1.165) is 27.8 Å². The largest absolute Gasteiger partial charge is 0.493 e. The Labute approximate surface area is 128 Å². The van der Waals surface area contributed by atoms with Crippen LogP contribution in [-0.2, 0) is 11.2 Å². The summed E-state index contributed by atoms with van der Waals surface area (Å²) < 4.78 is 46.9. The quantitative estimate of drug-likeness (QED) is 0.553. The second-order valence-corrected chi connectivity index (χ2v) is 5.95. The molecule has 0 spiro atoms. The third kappa shape index (κ3) is 4.27. The maximum absolute atomic E-state index is 12.0. The van der Waals surface area contributed by atoms with Crippen LogP contribution in [0.1, 0.15) is 22.9 Å². The lowest BCUT2D eigenvalue weighted by Crippen LogP contribution is -2.17. The molecule has 20 heavy (non-hydrogen) atoms. The highest BCUT2D eigenvalue weighted by Gasteiger charge is 2.28. The Hall–Kier alpha value is -0.460. The molecule has 0 N–H and O–H groups in total. The normalized spacial score (nSPS) is 15.8. The fourth-order valence-corrected chi connectivity index (χ4v) is 2.83. The summed E-state index contributed by atoms with van der Waals surface area (Å²) in [5, 5.41) is -0.437. The van der Waals surface area contributed by atoms with Crippen LogP contribution in [0.3, 0.4) is 0 Å². The molecule has 1 heterocycles. The summed E-state index contributed by atoms with van der Waals surface area (Å²) in [7, 11) is 0. The maximum atomic E-state index is 12.0. The Bertz CT molecular complexity index is 479. The molecule has 1 aromatic carbocycles. The Kier molecular flexibility index (Phi) is 5.20. The molecule has 0 fully saturated rings. The predicted molar refractivity (Wildman–Crippen MR) is 73.4 cm³/mol. The standard InChI is InChI=1S/C13H13BrClF3O2/c14-9-5-8-1-4-20-12(8)10(6-9)11(15)2-3-19-7-13(16,17)18/h5-6,11H,1-4,7H2. The lowest BCUT2D eigenvalue weighted by atomic mass is 10.0. The number of hydrogen-bond acceptors (Lipinski definition) is 2. The van der Waals surface area contributed by atoms with Gasteiger partial charge in [-0.05, 0) is 24.1 Å². The van der Waals surface area contributed by atoms with Crippen LogP contribution < -0.4 is 4.74 Å². The zero-order valence-electron chi connectivity index (χ0n) is 10.5. The van der Waals surface area contributed by atoms with Crippen LogP contribution in [-0.4, -0.2) is 26.0 Å². The van der Waals surface area contributed by atoms with Crippen molar-refractivity contribution in [2.75, 3.05) is 19.8 Å². The number of alkyl halides is 4. The summed E-state index contributed by atoms with van der Waals surface area (Å²) in [5.74, 6) is 0.754. The fourth-order valence-electron chi connectivity index (χ4n) is 2.06. The van der Waals surface area contributed by atoms with Crippen LogP contribution in [0.4, 0.5) is 13.2 Å². The van der Waals surface area contributed by atoms with Gasteiger partial charge in [0.2, 0.25) is 0 Å². The Morgan fingerprint density at radius 3 is 2.85 bits per heavy atom. The molecule has 112 valence electrons. The van der Waals surface area contributed by atoms with Crippen molar-refractivity contribution < 1.29 is 22.6 Å². The van der Waals surface area contributed by atoms with Gasteiger partial charge in [0.25, 0.3) is 0 Å². The van der Waals surface area contributed by atoms with E-state index in [1.54, 1.807) is 0 Å². The number of hydrogen-bond donors (Lipinski definition) is 0. The van der Waals surface area contributed by atoms with Gasteiger partial charge in [-0.3, -0.25) is 0 Å².